The summed E-state index contributed by atoms with van der Waals surface area (Å²) in [5.41, 5.74) is 1.15. The van der Waals surface area contributed by atoms with Crippen LogP contribution in [0.4, 0.5) is 5.69 Å². The van der Waals surface area contributed by atoms with Crippen LogP contribution in [-0.2, 0) is 0 Å². The molecule has 0 atom stereocenters. The molecule has 0 bridgehead atoms. The summed E-state index contributed by atoms with van der Waals surface area (Å²) in [5, 5.41) is 11.6. The van der Waals surface area contributed by atoms with Crippen molar-refractivity contribution in [1.29, 1.82) is 0 Å². The van der Waals surface area contributed by atoms with Gasteiger partial charge in [-0.25, -0.2) is 0 Å². The van der Waals surface area contributed by atoms with Crippen molar-refractivity contribution < 1.29 is 24.0 Å². The monoisotopic (exact) mass is 209 g/mol. The van der Waals surface area contributed by atoms with Gasteiger partial charge in [-0.15, -0.1) is 0 Å². The van der Waals surface area contributed by atoms with Gasteiger partial charge in [0.1, 0.15) is 0 Å². The van der Waals surface area contributed by atoms with Gasteiger partial charge in [0.25, 0.3) is 0 Å². The van der Waals surface area contributed by atoms with Gasteiger partial charge in [-0.2, -0.15) is 0 Å². The van der Waals surface area contributed by atoms with E-state index >= 15 is 0 Å². The molecule has 2 aromatic carbocycles. The third kappa shape index (κ3) is 4.86. The molecule has 0 unspecified atom stereocenters. The first-order valence-electron chi connectivity index (χ1n) is 4.64. The summed E-state index contributed by atoms with van der Waals surface area (Å²) in [7, 11) is 0. The quantitative estimate of drug-likeness (QED) is 0.338. The second-order valence-electron chi connectivity index (χ2n) is 3.03. The third-order valence-corrected chi connectivity index (χ3v) is 1.93. The molecule has 2 rings (SSSR count). The zero-order valence-electron chi connectivity index (χ0n) is 10.1. The van der Waals surface area contributed by atoms with E-state index in [9.17, 15) is 5.11 Å². The molecule has 4 heteroatoms. The van der Waals surface area contributed by atoms with Crippen molar-refractivity contribution in [2.75, 3.05) is 0 Å². The number of hydrogen-bond donors (Lipinski definition) is 0. The number of rotatable bonds is 2. The summed E-state index contributed by atoms with van der Waals surface area (Å²) in [5.74, 6) is -0.262. The van der Waals surface area contributed by atoms with E-state index in [1.165, 1.54) is 0 Å². The van der Waals surface area contributed by atoms with Crippen LogP contribution in [0.3, 0.4) is 0 Å². The number of hydrogen-bond acceptors (Lipinski definition) is 2. The van der Waals surface area contributed by atoms with E-state index in [2.05, 4.69) is 11.1 Å². The third-order valence-electron chi connectivity index (χ3n) is 1.93. The maximum absolute atomic E-state index is 11.6. The molecular formula is C13H9Li2NO. The second kappa shape index (κ2) is 8.23. The zero-order chi connectivity index (χ0) is 10.5. The van der Waals surface area contributed by atoms with Crippen LogP contribution in [0.25, 0.3) is 0 Å². The standard InChI is InChI=1S/C13H10NO.2Li/c15-13(11-7-3-1-4-8-11)14-12-9-5-2-6-10-12;;/h1-7,9-10H,(H,14,15);;/q;;+1/p-1. The number of nitrogens with zero attached hydrogens (tertiary/aromatic N) is 1. The van der Waals surface area contributed by atoms with Gasteiger partial charge in [0.2, 0.25) is 0 Å². The largest absolute Gasteiger partial charge is 1.00 e. The Bertz CT molecular complexity index is 457. The Morgan fingerprint density at radius 3 is 2.24 bits per heavy atom. The van der Waals surface area contributed by atoms with Crippen molar-refractivity contribution in [2.45, 2.75) is 0 Å². The summed E-state index contributed by atoms with van der Waals surface area (Å²) in [6.07, 6.45) is 0. The normalized spacial score (nSPS) is 10.0. The Morgan fingerprint density at radius 2 is 1.65 bits per heavy atom. The Kier molecular flexibility index (Phi) is 7.80. The topological polar surface area (TPSA) is 35.4 Å². The van der Waals surface area contributed by atoms with Crippen LogP contribution < -0.4 is 24.0 Å². The van der Waals surface area contributed by atoms with Crippen LogP contribution in [0, 0.1) is 6.07 Å². The van der Waals surface area contributed by atoms with Crippen molar-refractivity contribution in [2.24, 2.45) is 4.99 Å². The summed E-state index contributed by atoms with van der Waals surface area (Å²) < 4.78 is 0. The van der Waals surface area contributed by atoms with Gasteiger partial charge in [0, 0.05) is 18.9 Å². The minimum Gasteiger partial charge on any atom is -0.858 e. The predicted octanol–water partition coefficient (Wildman–Crippen LogP) is -1.45. The van der Waals surface area contributed by atoms with Crippen LogP contribution in [0.1, 0.15) is 5.56 Å². The fourth-order valence-corrected chi connectivity index (χ4v) is 1.21. The fraction of sp³-hybridized carbons (Fsp3) is 0. The van der Waals surface area contributed by atoms with Gasteiger partial charge in [-0.05, 0) is 29.7 Å². The molecule has 74 valence electrons. The van der Waals surface area contributed by atoms with Crippen LogP contribution in [0.5, 0.6) is 0 Å². The minimum absolute atomic E-state index is 0. The maximum Gasteiger partial charge on any atom is 1.00 e. The molecule has 0 aliphatic carbocycles. The zero-order valence-corrected chi connectivity index (χ0v) is 10.1. The molecule has 0 spiro atoms. The van der Waals surface area contributed by atoms with Gasteiger partial charge < -0.3 is 5.11 Å². The summed E-state index contributed by atoms with van der Waals surface area (Å²) in [6, 6.07) is 19.0. The summed E-state index contributed by atoms with van der Waals surface area (Å²) >= 11 is 0. The first-order chi connectivity index (χ1) is 7.36. The Morgan fingerprint density at radius 1 is 1.00 bits per heavy atom. The van der Waals surface area contributed by atoms with Crippen molar-refractivity contribution in [3.63, 3.8) is 0 Å². The van der Waals surface area contributed by atoms with E-state index in [1.807, 2.05) is 24.3 Å². The average Bonchev–Trinajstić information content (AvgIpc) is 2.31. The molecule has 0 heterocycles. The van der Waals surface area contributed by atoms with Crippen LogP contribution in [-0.4, -0.2) is 24.8 Å². The summed E-state index contributed by atoms with van der Waals surface area (Å²) in [4.78, 5) is 3.96. The van der Waals surface area contributed by atoms with Gasteiger partial charge in [-0.1, -0.05) is 42.5 Å². The molecule has 0 aliphatic heterocycles. The predicted molar refractivity (Wildman–Crippen MR) is 63.7 cm³/mol. The van der Waals surface area contributed by atoms with Gasteiger partial charge in [-0.3, -0.25) is 4.99 Å². The first kappa shape index (κ1) is 16.1. The van der Waals surface area contributed by atoms with E-state index in [0.29, 0.717) is 11.3 Å². The van der Waals surface area contributed by atoms with Gasteiger partial charge >= 0.3 is 18.9 Å². The molecule has 0 saturated carbocycles. The van der Waals surface area contributed by atoms with Gasteiger partial charge in [0.15, 0.2) is 0 Å². The first-order valence-corrected chi connectivity index (χ1v) is 4.64. The Hall–Kier alpha value is -0.895. The van der Waals surface area contributed by atoms with Crippen molar-refractivity contribution in [1.82, 2.24) is 0 Å². The van der Waals surface area contributed by atoms with E-state index in [-0.39, 0.29) is 43.6 Å². The van der Waals surface area contributed by atoms with Crippen LogP contribution >= 0.6 is 0 Å². The molecule has 0 amide bonds. The molecule has 2 radical (unpaired) electrons. The van der Waals surface area contributed by atoms with Crippen LogP contribution in [0.2, 0.25) is 0 Å². The molecule has 0 aliphatic rings. The number of aliphatic imine (C=N–C) groups is 1. The van der Waals surface area contributed by atoms with E-state index < -0.39 is 0 Å². The maximum atomic E-state index is 11.6. The molecule has 17 heavy (non-hydrogen) atoms. The molecule has 0 aromatic heterocycles. The Balaban J connectivity index is 0.00000128. The molecule has 0 N–H and O–H groups in total. The van der Waals surface area contributed by atoms with Gasteiger partial charge in [0.05, 0.1) is 5.69 Å². The smallest absolute Gasteiger partial charge is 0.858 e. The van der Waals surface area contributed by atoms with Crippen molar-refractivity contribution in [3.05, 3.63) is 66.2 Å². The second-order valence-corrected chi connectivity index (χ2v) is 3.03. The van der Waals surface area contributed by atoms with E-state index in [4.69, 9.17) is 0 Å². The molecule has 2 aromatic rings. The van der Waals surface area contributed by atoms with Crippen molar-refractivity contribution in [3.8, 4) is 0 Å². The Labute approximate surface area is 125 Å². The van der Waals surface area contributed by atoms with E-state index in [0.717, 1.165) is 0 Å². The average molecular weight is 209 g/mol. The molecule has 0 fully saturated rings. The number of para-hydroxylation sites is 1. The fourth-order valence-electron chi connectivity index (χ4n) is 1.21. The molecule has 2 nitrogen and oxygen atoms in total. The summed E-state index contributed by atoms with van der Waals surface area (Å²) in [6.45, 7) is 0. The minimum atomic E-state index is -0.262. The SMILES string of the molecule is [Li+].[Li].[O-]C(=Nc1ccccc1)c1[c]cccc1. The van der Waals surface area contributed by atoms with Crippen LogP contribution in [0.15, 0.2) is 59.6 Å². The molecular weight excluding hydrogens is 200 g/mol. The van der Waals surface area contributed by atoms with Crippen molar-refractivity contribution >= 4 is 30.4 Å². The molecule has 0 saturated heterocycles. The number of benzene rings is 2. The van der Waals surface area contributed by atoms with E-state index in [1.54, 1.807) is 30.3 Å².